The summed E-state index contributed by atoms with van der Waals surface area (Å²) in [6.45, 7) is 4.35. The molecular weight excluding hydrogens is 280 g/mol. The normalized spacial score (nSPS) is 15.0. The number of benzene rings is 1. The second-order valence-corrected chi connectivity index (χ2v) is 5.36. The summed E-state index contributed by atoms with van der Waals surface area (Å²) >= 11 is 0. The largest absolute Gasteiger partial charge is 0.339 e. The van der Waals surface area contributed by atoms with Gasteiger partial charge in [0.05, 0.1) is 0 Å². The molecule has 1 fully saturated rings. The zero-order chi connectivity index (χ0) is 15.5. The van der Waals surface area contributed by atoms with E-state index < -0.39 is 0 Å². The third-order valence-electron chi connectivity index (χ3n) is 3.74. The van der Waals surface area contributed by atoms with E-state index in [-0.39, 0.29) is 11.5 Å². The fraction of sp³-hybridized carbons (Fsp3) is 0.312. The molecule has 1 N–H and O–H groups in total. The van der Waals surface area contributed by atoms with Gasteiger partial charge in [-0.15, -0.1) is 0 Å². The lowest BCUT2D eigenvalue weighted by Crippen LogP contribution is -2.49. The van der Waals surface area contributed by atoms with Crippen molar-refractivity contribution in [2.45, 2.75) is 6.92 Å². The first-order chi connectivity index (χ1) is 10.6. The third-order valence-corrected chi connectivity index (χ3v) is 3.74. The summed E-state index contributed by atoms with van der Waals surface area (Å²) in [6, 6.07) is 10.8. The molecule has 114 valence electrons. The van der Waals surface area contributed by atoms with Crippen LogP contribution in [0.4, 0.5) is 5.95 Å². The first-order valence-electron chi connectivity index (χ1n) is 7.31. The van der Waals surface area contributed by atoms with Crippen LogP contribution in [0.15, 0.2) is 41.2 Å². The number of aromatic nitrogens is 2. The van der Waals surface area contributed by atoms with E-state index in [9.17, 15) is 9.59 Å². The number of amides is 1. The highest BCUT2D eigenvalue weighted by molar-refractivity contribution is 5.94. The van der Waals surface area contributed by atoms with Gasteiger partial charge in [0, 0.05) is 43.5 Å². The molecule has 1 amide bonds. The molecule has 0 atom stereocenters. The summed E-state index contributed by atoms with van der Waals surface area (Å²) < 4.78 is 0. The van der Waals surface area contributed by atoms with Gasteiger partial charge in [-0.3, -0.25) is 14.6 Å². The number of aromatic amines is 1. The topological polar surface area (TPSA) is 69.3 Å². The summed E-state index contributed by atoms with van der Waals surface area (Å²) in [4.78, 5) is 34.8. The van der Waals surface area contributed by atoms with Gasteiger partial charge in [-0.2, -0.15) is 0 Å². The summed E-state index contributed by atoms with van der Waals surface area (Å²) in [5.41, 5.74) is 1.25. The van der Waals surface area contributed by atoms with Crippen molar-refractivity contribution >= 4 is 11.9 Å². The van der Waals surface area contributed by atoms with Crippen molar-refractivity contribution in [2.75, 3.05) is 31.1 Å². The number of anilines is 1. The lowest BCUT2D eigenvalue weighted by molar-refractivity contribution is 0.0746. The van der Waals surface area contributed by atoms with Gasteiger partial charge in [0.1, 0.15) is 0 Å². The van der Waals surface area contributed by atoms with Crippen LogP contribution >= 0.6 is 0 Å². The molecule has 2 heterocycles. The van der Waals surface area contributed by atoms with Gasteiger partial charge >= 0.3 is 0 Å². The minimum Gasteiger partial charge on any atom is -0.339 e. The van der Waals surface area contributed by atoms with Gasteiger partial charge in [0.15, 0.2) is 0 Å². The molecule has 1 aromatic carbocycles. The molecule has 0 spiro atoms. The van der Waals surface area contributed by atoms with E-state index in [1.54, 1.807) is 6.92 Å². The van der Waals surface area contributed by atoms with Crippen molar-refractivity contribution in [2.24, 2.45) is 0 Å². The highest BCUT2D eigenvalue weighted by Gasteiger charge is 2.23. The maximum atomic E-state index is 12.4. The van der Waals surface area contributed by atoms with E-state index in [2.05, 4.69) is 9.97 Å². The minimum atomic E-state index is -0.148. The molecule has 0 bridgehead atoms. The van der Waals surface area contributed by atoms with Crippen molar-refractivity contribution in [3.05, 3.63) is 58.0 Å². The Morgan fingerprint density at radius 2 is 1.82 bits per heavy atom. The van der Waals surface area contributed by atoms with E-state index in [4.69, 9.17) is 0 Å². The quantitative estimate of drug-likeness (QED) is 0.899. The van der Waals surface area contributed by atoms with Crippen LogP contribution in [-0.4, -0.2) is 47.0 Å². The molecule has 22 heavy (non-hydrogen) atoms. The van der Waals surface area contributed by atoms with Crippen LogP contribution in [0, 0.1) is 6.92 Å². The lowest BCUT2D eigenvalue weighted by Gasteiger charge is -2.35. The third kappa shape index (κ3) is 3.00. The molecule has 6 nitrogen and oxygen atoms in total. The standard InChI is InChI=1S/C16H18N4O2/c1-12-11-14(21)18-16(17-12)20-9-7-19(8-10-20)15(22)13-5-3-2-4-6-13/h2-6,11H,7-10H2,1H3,(H,17,18,21). The van der Waals surface area contributed by atoms with Crippen LogP contribution in [0.2, 0.25) is 0 Å². The molecule has 1 aliphatic rings. The summed E-state index contributed by atoms with van der Waals surface area (Å²) in [5.74, 6) is 0.628. The maximum absolute atomic E-state index is 12.4. The fourth-order valence-electron chi connectivity index (χ4n) is 2.60. The molecule has 2 aromatic rings. The predicted molar refractivity (Wildman–Crippen MR) is 84.2 cm³/mol. The van der Waals surface area contributed by atoms with Crippen molar-refractivity contribution in [3.8, 4) is 0 Å². The molecule has 3 rings (SSSR count). The molecule has 0 unspecified atom stereocenters. The summed E-state index contributed by atoms with van der Waals surface area (Å²) in [7, 11) is 0. The number of nitrogens with one attached hydrogen (secondary N) is 1. The Morgan fingerprint density at radius 1 is 1.14 bits per heavy atom. The monoisotopic (exact) mass is 298 g/mol. The van der Waals surface area contributed by atoms with Crippen molar-refractivity contribution in [1.29, 1.82) is 0 Å². The number of carbonyl (C=O) groups excluding carboxylic acids is 1. The smallest absolute Gasteiger partial charge is 0.253 e. The lowest BCUT2D eigenvalue weighted by atomic mass is 10.2. The summed E-state index contributed by atoms with van der Waals surface area (Å²) in [5, 5.41) is 0. The van der Waals surface area contributed by atoms with Crippen LogP contribution in [0.3, 0.4) is 0 Å². The Balaban J connectivity index is 1.67. The number of hydrogen-bond donors (Lipinski definition) is 1. The Morgan fingerprint density at radius 3 is 2.45 bits per heavy atom. The SMILES string of the molecule is Cc1cc(=O)[nH]c(N2CCN(C(=O)c3ccccc3)CC2)n1. The second kappa shape index (κ2) is 6.01. The van der Waals surface area contributed by atoms with E-state index in [0.717, 1.165) is 0 Å². The zero-order valence-corrected chi connectivity index (χ0v) is 12.5. The highest BCUT2D eigenvalue weighted by Crippen LogP contribution is 2.12. The number of H-pyrrole nitrogens is 1. The van der Waals surface area contributed by atoms with Gasteiger partial charge in [-0.05, 0) is 19.1 Å². The molecule has 6 heteroatoms. The number of carbonyl (C=O) groups is 1. The van der Waals surface area contributed by atoms with Crippen LogP contribution in [0.1, 0.15) is 16.1 Å². The van der Waals surface area contributed by atoms with Gasteiger partial charge in [-0.1, -0.05) is 18.2 Å². The van der Waals surface area contributed by atoms with Crippen LogP contribution in [-0.2, 0) is 0 Å². The predicted octanol–water partition coefficient (Wildman–Crippen LogP) is 1.04. The number of aryl methyl sites for hydroxylation is 1. The molecule has 0 aliphatic carbocycles. The van der Waals surface area contributed by atoms with Crippen molar-refractivity contribution < 1.29 is 4.79 Å². The molecule has 1 saturated heterocycles. The van der Waals surface area contributed by atoms with Crippen molar-refractivity contribution in [3.63, 3.8) is 0 Å². The molecule has 1 aliphatic heterocycles. The molecule has 1 aromatic heterocycles. The average Bonchev–Trinajstić information content (AvgIpc) is 2.54. The van der Waals surface area contributed by atoms with Crippen molar-refractivity contribution in [1.82, 2.24) is 14.9 Å². The maximum Gasteiger partial charge on any atom is 0.253 e. The van der Waals surface area contributed by atoms with E-state index in [1.807, 2.05) is 40.1 Å². The number of piperazine rings is 1. The van der Waals surface area contributed by atoms with Gasteiger partial charge in [-0.25, -0.2) is 4.98 Å². The van der Waals surface area contributed by atoms with Gasteiger partial charge < -0.3 is 9.80 Å². The van der Waals surface area contributed by atoms with Gasteiger partial charge in [0.2, 0.25) is 5.95 Å². The zero-order valence-electron chi connectivity index (χ0n) is 12.5. The Bertz CT molecular complexity index is 718. The first kappa shape index (κ1) is 14.3. The van der Waals surface area contributed by atoms with Crippen LogP contribution in [0.25, 0.3) is 0 Å². The Labute approximate surface area is 128 Å². The second-order valence-electron chi connectivity index (χ2n) is 5.36. The average molecular weight is 298 g/mol. The minimum absolute atomic E-state index is 0.0472. The van der Waals surface area contributed by atoms with Gasteiger partial charge in [0.25, 0.3) is 11.5 Å². The Kier molecular flexibility index (Phi) is 3.91. The first-order valence-corrected chi connectivity index (χ1v) is 7.31. The summed E-state index contributed by atoms with van der Waals surface area (Å²) in [6.07, 6.45) is 0. The van der Waals surface area contributed by atoms with Crippen LogP contribution < -0.4 is 10.5 Å². The van der Waals surface area contributed by atoms with E-state index in [0.29, 0.717) is 43.4 Å². The Hall–Kier alpha value is -2.63. The fourth-order valence-corrected chi connectivity index (χ4v) is 2.60. The van der Waals surface area contributed by atoms with Crippen LogP contribution in [0.5, 0.6) is 0 Å². The molecule has 0 saturated carbocycles. The number of hydrogen-bond acceptors (Lipinski definition) is 4. The number of rotatable bonds is 2. The van der Waals surface area contributed by atoms with E-state index >= 15 is 0 Å². The molecular formula is C16H18N4O2. The molecule has 0 radical (unpaired) electrons. The number of nitrogens with zero attached hydrogens (tertiary/aromatic N) is 3. The van der Waals surface area contributed by atoms with E-state index in [1.165, 1.54) is 6.07 Å². The highest BCUT2D eigenvalue weighted by atomic mass is 16.2.